The van der Waals surface area contributed by atoms with Crippen LogP contribution in [0.5, 0.6) is 0 Å². The van der Waals surface area contributed by atoms with Crippen molar-refractivity contribution in [2.45, 2.75) is 19.3 Å². The molecule has 3 aromatic rings. The second-order valence-electron chi connectivity index (χ2n) is 6.98. The van der Waals surface area contributed by atoms with Crippen LogP contribution in [0, 0.1) is 12.8 Å². The summed E-state index contributed by atoms with van der Waals surface area (Å²) >= 11 is 0. The van der Waals surface area contributed by atoms with Gasteiger partial charge < -0.3 is 0 Å². The Labute approximate surface area is 185 Å². The fraction of sp³-hybridized carbons (Fsp3) is 0.103. The summed E-state index contributed by atoms with van der Waals surface area (Å²) in [6, 6.07) is 16.8. The minimum absolute atomic E-state index is 0.252. The maximum absolute atomic E-state index is 4.64. The number of allylic oxidation sites excluding steroid dienone is 8. The van der Waals surface area contributed by atoms with Gasteiger partial charge in [0.25, 0.3) is 0 Å². The summed E-state index contributed by atoms with van der Waals surface area (Å²) in [6.45, 7) is 2.03. The molecule has 1 aliphatic carbocycles. The SMILES string of the molecule is C#C.C/C=C\C=C/Cc1cc(-c2ccccn2)c(C2C=CC=C2)cc1-c1ccccn1. The molecular weight excluding hydrogens is 376 g/mol. The first-order chi connectivity index (χ1) is 15.4. The highest BCUT2D eigenvalue weighted by molar-refractivity contribution is 5.75. The van der Waals surface area contributed by atoms with Crippen LogP contribution in [0.2, 0.25) is 0 Å². The van der Waals surface area contributed by atoms with Crippen molar-refractivity contribution in [3.63, 3.8) is 0 Å². The quantitative estimate of drug-likeness (QED) is 0.329. The van der Waals surface area contributed by atoms with E-state index in [1.165, 1.54) is 22.3 Å². The van der Waals surface area contributed by atoms with Crippen LogP contribution in [0.15, 0.2) is 110 Å². The van der Waals surface area contributed by atoms with Crippen LogP contribution in [0.4, 0.5) is 0 Å². The molecule has 4 rings (SSSR count). The molecule has 1 aliphatic rings. The van der Waals surface area contributed by atoms with Crippen molar-refractivity contribution in [1.29, 1.82) is 0 Å². The summed E-state index contributed by atoms with van der Waals surface area (Å²) < 4.78 is 0. The normalized spacial score (nSPS) is 13.0. The molecule has 2 aromatic heterocycles. The molecule has 0 unspecified atom stereocenters. The third kappa shape index (κ3) is 5.35. The van der Waals surface area contributed by atoms with Crippen LogP contribution < -0.4 is 0 Å². The van der Waals surface area contributed by atoms with E-state index in [1.807, 2.05) is 49.7 Å². The molecule has 152 valence electrons. The number of aromatic nitrogens is 2. The predicted molar refractivity (Wildman–Crippen MR) is 131 cm³/mol. The lowest BCUT2D eigenvalue weighted by atomic mass is 9.87. The van der Waals surface area contributed by atoms with E-state index < -0.39 is 0 Å². The zero-order valence-corrected chi connectivity index (χ0v) is 17.7. The molecule has 2 heterocycles. The first kappa shape index (κ1) is 21.7. The zero-order valence-electron chi connectivity index (χ0n) is 17.7. The molecule has 0 bridgehead atoms. The molecule has 2 nitrogen and oxygen atoms in total. The van der Waals surface area contributed by atoms with Crippen LogP contribution in [-0.4, -0.2) is 9.97 Å². The van der Waals surface area contributed by atoms with E-state index >= 15 is 0 Å². The Balaban J connectivity index is 0.00000132. The Morgan fingerprint density at radius 3 is 2.06 bits per heavy atom. The summed E-state index contributed by atoms with van der Waals surface area (Å²) in [4.78, 5) is 9.28. The lowest BCUT2D eigenvalue weighted by molar-refractivity contribution is 1.09. The van der Waals surface area contributed by atoms with Gasteiger partial charge >= 0.3 is 0 Å². The maximum Gasteiger partial charge on any atom is 0.0705 e. The Morgan fingerprint density at radius 2 is 1.48 bits per heavy atom. The van der Waals surface area contributed by atoms with Crippen LogP contribution in [-0.2, 0) is 6.42 Å². The highest BCUT2D eigenvalue weighted by Gasteiger charge is 2.18. The van der Waals surface area contributed by atoms with Gasteiger partial charge in [0, 0.05) is 29.4 Å². The van der Waals surface area contributed by atoms with Gasteiger partial charge in [0.1, 0.15) is 0 Å². The number of terminal acetylenes is 1. The molecule has 0 radical (unpaired) electrons. The molecular formula is C29H26N2. The Morgan fingerprint density at radius 1 is 0.839 bits per heavy atom. The van der Waals surface area contributed by atoms with Gasteiger partial charge in [-0.1, -0.05) is 60.7 Å². The zero-order chi connectivity index (χ0) is 21.9. The van der Waals surface area contributed by atoms with Crippen LogP contribution >= 0.6 is 0 Å². The van der Waals surface area contributed by atoms with Crippen LogP contribution in [0.25, 0.3) is 22.5 Å². The average Bonchev–Trinajstić information content (AvgIpc) is 3.39. The molecule has 0 fully saturated rings. The summed E-state index contributed by atoms with van der Waals surface area (Å²) in [7, 11) is 0. The predicted octanol–water partition coefficient (Wildman–Crippen LogP) is 6.94. The Hall–Kier alpha value is -3.96. The standard InChI is InChI=1S/C27H24N2.C2H2/c1-2-3-4-5-14-22-19-25(27-16-9-11-18-29-27)23(21-12-6-7-13-21)20-24(22)26-15-8-10-17-28-26;1-2/h2-13,15-21H,14H2,1H3;1-2H/b3-2-,5-4-;. The van der Waals surface area contributed by atoms with Crippen LogP contribution in [0.1, 0.15) is 24.0 Å². The number of rotatable bonds is 6. The second-order valence-corrected chi connectivity index (χ2v) is 6.98. The number of nitrogens with zero attached hydrogens (tertiary/aromatic N) is 2. The second kappa shape index (κ2) is 11.3. The van der Waals surface area contributed by atoms with Crippen molar-refractivity contribution < 1.29 is 0 Å². The summed E-state index contributed by atoms with van der Waals surface area (Å²) in [6.07, 6.45) is 29.6. The molecule has 0 atom stereocenters. The van der Waals surface area contributed by atoms with Gasteiger partial charge in [0.15, 0.2) is 0 Å². The molecule has 31 heavy (non-hydrogen) atoms. The minimum atomic E-state index is 0.252. The number of hydrogen-bond donors (Lipinski definition) is 0. The highest BCUT2D eigenvalue weighted by atomic mass is 14.7. The number of benzene rings is 1. The van der Waals surface area contributed by atoms with E-state index in [0.29, 0.717) is 0 Å². The van der Waals surface area contributed by atoms with Gasteiger partial charge in [-0.25, -0.2) is 0 Å². The Bertz CT molecular complexity index is 1110. The molecule has 0 spiro atoms. The van der Waals surface area contributed by atoms with Gasteiger partial charge in [0.05, 0.1) is 11.4 Å². The third-order valence-electron chi connectivity index (χ3n) is 5.04. The minimum Gasteiger partial charge on any atom is -0.256 e. The fourth-order valence-corrected chi connectivity index (χ4v) is 3.63. The van der Waals surface area contributed by atoms with E-state index in [9.17, 15) is 0 Å². The van der Waals surface area contributed by atoms with E-state index in [0.717, 1.165) is 17.8 Å². The fourth-order valence-electron chi connectivity index (χ4n) is 3.63. The van der Waals surface area contributed by atoms with E-state index in [1.54, 1.807) is 0 Å². The van der Waals surface area contributed by atoms with Crippen molar-refractivity contribution in [3.8, 4) is 35.4 Å². The van der Waals surface area contributed by atoms with Crippen molar-refractivity contribution in [2.24, 2.45) is 0 Å². The average molecular weight is 403 g/mol. The van der Waals surface area contributed by atoms with Gasteiger partial charge in [-0.05, 0) is 60.9 Å². The van der Waals surface area contributed by atoms with Gasteiger partial charge in [-0.15, -0.1) is 12.8 Å². The number of pyridine rings is 2. The lowest BCUT2D eigenvalue weighted by Crippen LogP contribution is -2.00. The topological polar surface area (TPSA) is 25.8 Å². The first-order valence-electron chi connectivity index (χ1n) is 10.3. The molecule has 1 aromatic carbocycles. The van der Waals surface area contributed by atoms with Crippen LogP contribution in [0.3, 0.4) is 0 Å². The van der Waals surface area contributed by atoms with Gasteiger partial charge in [-0.2, -0.15) is 0 Å². The van der Waals surface area contributed by atoms with E-state index in [2.05, 4.69) is 89.6 Å². The van der Waals surface area contributed by atoms with Gasteiger partial charge in [0.2, 0.25) is 0 Å². The molecule has 0 aliphatic heterocycles. The van der Waals surface area contributed by atoms with Crippen molar-refractivity contribution in [1.82, 2.24) is 9.97 Å². The molecule has 0 saturated carbocycles. The summed E-state index contributed by atoms with van der Waals surface area (Å²) in [5, 5.41) is 0. The maximum atomic E-state index is 4.64. The lowest BCUT2D eigenvalue weighted by Gasteiger charge is -2.18. The Kier molecular flexibility index (Phi) is 7.91. The number of hydrogen-bond acceptors (Lipinski definition) is 2. The van der Waals surface area contributed by atoms with Crippen molar-refractivity contribution >= 4 is 0 Å². The molecule has 0 amide bonds. The molecule has 0 saturated heterocycles. The van der Waals surface area contributed by atoms with Crippen molar-refractivity contribution in [2.75, 3.05) is 0 Å². The molecule has 2 heteroatoms. The van der Waals surface area contributed by atoms with Crippen molar-refractivity contribution in [3.05, 3.63) is 121 Å². The summed E-state index contributed by atoms with van der Waals surface area (Å²) in [5.41, 5.74) is 6.87. The third-order valence-corrected chi connectivity index (χ3v) is 5.04. The first-order valence-corrected chi connectivity index (χ1v) is 10.3. The van der Waals surface area contributed by atoms with E-state index in [4.69, 9.17) is 0 Å². The van der Waals surface area contributed by atoms with Gasteiger partial charge in [-0.3, -0.25) is 9.97 Å². The van der Waals surface area contributed by atoms with E-state index in [-0.39, 0.29) is 5.92 Å². The largest absolute Gasteiger partial charge is 0.256 e. The monoisotopic (exact) mass is 402 g/mol. The smallest absolute Gasteiger partial charge is 0.0705 e. The molecule has 0 N–H and O–H groups in total. The highest BCUT2D eigenvalue weighted by Crippen LogP contribution is 2.37. The summed E-state index contributed by atoms with van der Waals surface area (Å²) in [5.74, 6) is 0.252.